The highest BCUT2D eigenvalue weighted by Crippen LogP contribution is 2.20. The van der Waals surface area contributed by atoms with Gasteiger partial charge in [-0.05, 0) is 13.8 Å². The summed E-state index contributed by atoms with van der Waals surface area (Å²) in [5, 5.41) is 5.75. The van der Waals surface area contributed by atoms with E-state index in [4.69, 9.17) is 0 Å². The SMILES string of the molecule is CCNC(=O)CN(C)c1ncnc(NC)c1C. The van der Waals surface area contributed by atoms with E-state index in [0.29, 0.717) is 6.54 Å². The van der Waals surface area contributed by atoms with Crippen molar-refractivity contribution in [1.82, 2.24) is 15.3 Å². The third kappa shape index (κ3) is 3.30. The highest BCUT2D eigenvalue weighted by atomic mass is 16.2. The Morgan fingerprint density at radius 3 is 2.76 bits per heavy atom. The topological polar surface area (TPSA) is 70.2 Å². The molecule has 1 amide bonds. The van der Waals surface area contributed by atoms with Crippen LogP contribution >= 0.6 is 0 Å². The molecule has 0 bridgehead atoms. The molecule has 0 saturated carbocycles. The van der Waals surface area contributed by atoms with E-state index in [1.165, 1.54) is 6.33 Å². The Balaban J connectivity index is 2.81. The Hall–Kier alpha value is -1.85. The molecule has 1 heterocycles. The summed E-state index contributed by atoms with van der Waals surface area (Å²) in [6, 6.07) is 0. The van der Waals surface area contributed by atoms with Gasteiger partial charge in [-0.3, -0.25) is 4.79 Å². The molecular weight excluding hydrogens is 218 g/mol. The van der Waals surface area contributed by atoms with Gasteiger partial charge in [0.15, 0.2) is 0 Å². The minimum Gasteiger partial charge on any atom is -0.373 e. The number of amides is 1. The zero-order chi connectivity index (χ0) is 12.8. The first-order chi connectivity index (χ1) is 8.10. The lowest BCUT2D eigenvalue weighted by Gasteiger charge is -2.20. The van der Waals surface area contributed by atoms with Gasteiger partial charge in [0, 0.05) is 26.2 Å². The molecule has 0 radical (unpaired) electrons. The molecule has 6 nitrogen and oxygen atoms in total. The smallest absolute Gasteiger partial charge is 0.239 e. The van der Waals surface area contributed by atoms with Crippen LogP contribution < -0.4 is 15.5 Å². The van der Waals surface area contributed by atoms with Crippen molar-refractivity contribution in [3.8, 4) is 0 Å². The summed E-state index contributed by atoms with van der Waals surface area (Å²) in [5.74, 6) is 1.52. The van der Waals surface area contributed by atoms with Gasteiger partial charge in [0.1, 0.15) is 18.0 Å². The molecule has 17 heavy (non-hydrogen) atoms. The van der Waals surface area contributed by atoms with Gasteiger partial charge in [-0.25, -0.2) is 9.97 Å². The van der Waals surface area contributed by atoms with Gasteiger partial charge in [-0.1, -0.05) is 0 Å². The molecular formula is C11H19N5O. The molecule has 6 heteroatoms. The number of hydrogen-bond donors (Lipinski definition) is 2. The minimum atomic E-state index is -0.0148. The summed E-state index contributed by atoms with van der Waals surface area (Å²) < 4.78 is 0. The third-order valence-corrected chi connectivity index (χ3v) is 2.41. The zero-order valence-electron chi connectivity index (χ0n) is 10.7. The summed E-state index contributed by atoms with van der Waals surface area (Å²) >= 11 is 0. The van der Waals surface area contributed by atoms with Crippen LogP contribution in [0.4, 0.5) is 11.6 Å². The lowest BCUT2D eigenvalue weighted by Crippen LogP contribution is -2.35. The van der Waals surface area contributed by atoms with Crippen molar-refractivity contribution in [1.29, 1.82) is 0 Å². The van der Waals surface area contributed by atoms with Crippen molar-refractivity contribution in [3.05, 3.63) is 11.9 Å². The lowest BCUT2D eigenvalue weighted by molar-refractivity contribution is -0.119. The second-order valence-electron chi connectivity index (χ2n) is 3.73. The van der Waals surface area contributed by atoms with E-state index in [-0.39, 0.29) is 12.5 Å². The molecule has 1 rings (SSSR count). The molecule has 0 spiro atoms. The average Bonchev–Trinajstić information content (AvgIpc) is 2.29. The molecule has 0 aliphatic heterocycles. The predicted octanol–water partition coefficient (Wildman–Crippen LogP) is 0.399. The van der Waals surface area contributed by atoms with Gasteiger partial charge in [-0.2, -0.15) is 0 Å². The maximum Gasteiger partial charge on any atom is 0.239 e. The number of likely N-dealkylation sites (N-methyl/N-ethyl adjacent to an activating group) is 2. The van der Waals surface area contributed by atoms with Crippen LogP contribution in [0.1, 0.15) is 12.5 Å². The lowest BCUT2D eigenvalue weighted by atomic mass is 10.3. The molecule has 0 fully saturated rings. The number of hydrogen-bond acceptors (Lipinski definition) is 5. The van der Waals surface area contributed by atoms with E-state index in [2.05, 4.69) is 20.6 Å². The molecule has 0 aliphatic rings. The Morgan fingerprint density at radius 2 is 2.18 bits per heavy atom. The van der Waals surface area contributed by atoms with Gasteiger partial charge in [-0.15, -0.1) is 0 Å². The van der Waals surface area contributed by atoms with Crippen molar-refractivity contribution >= 4 is 17.5 Å². The zero-order valence-corrected chi connectivity index (χ0v) is 10.7. The fraction of sp³-hybridized carbons (Fsp3) is 0.545. The highest BCUT2D eigenvalue weighted by molar-refractivity contribution is 5.81. The molecule has 1 aromatic rings. The largest absolute Gasteiger partial charge is 0.373 e. The summed E-state index contributed by atoms with van der Waals surface area (Å²) in [4.78, 5) is 21.6. The predicted molar refractivity (Wildman–Crippen MR) is 68.3 cm³/mol. The second-order valence-corrected chi connectivity index (χ2v) is 3.73. The van der Waals surface area contributed by atoms with E-state index >= 15 is 0 Å². The molecule has 0 unspecified atom stereocenters. The van der Waals surface area contributed by atoms with Crippen molar-refractivity contribution in [2.75, 3.05) is 37.4 Å². The van der Waals surface area contributed by atoms with E-state index in [1.54, 1.807) is 0 Å². The van der Waals surface area contributed by atoms with Gasteiger partial charge < -0.3 is 15.5 Å². The van der Waals surface area contributed by atoms with E-state index in [1.807, 2.05) is 32.8 Å². The third-order valence-electron chi connectivity index (χ3n) is 2.41. The normalized spacial score (nSPS) is 9.88. The van der Waals surface area contributed by atoms with Crippen LogP contribution in [-0.2, 0) is 4.79 Å². The first kappa shape index (κ1) is 13.2. The number of aromatic nitrogens is 2. The van der Waals surface area contributed by atoms with E-state index in [9.17, 15) is 4.79 Å². The molecule has 94 valence electrons. The van der Waals surface area contributed by atoms with Gasteiger partial charge >= 0.3 is 0 Å². The van der Waals surface area contributed by atoms with Crippen LogP contribution in [0.3, 0.4) is 0 Å². The van der Waals surface area contributed by atoms with Crippen LogP contribution in [0.5, 0.6) is 0 Å². The van der Waals surface area contributed by atoms with E-state index < -0.39 is 0 Å². The molecule has 0 aliphatic carbocycles. The Bertz CT molecular complexity index is 393. The number of nitrogens with zero attached hydrogens (tertiary/aromatic N) is 3. The molecule has 1 aromatic heterocycles. The molecule has 0 atom stereocenters. The maximum atomic E-state index is 11.5. The van der Waals surface area contributed by atoms with Crippen LogP contribution in [0, 0.1) is 6.92 Å². The number of carbonyl (C=O) groups is 1. The number of rotatable bonds is 5. The first-order valence-corrected chi connectivity index (χ1v) is 5.57. The molecule has 0 saturated heterocycles. The first-order valence-electron chi connectivity index (χ1n) is 5.57. The summed E-state index contributed by atoms with van der Waals surface area (Å²) in [6.07, 6.45) is 1.49. The van der Waals surface area contributed by atoms with Gasteiger partial charge in [0.05, 0.1) is 6.54 Å². The Kier molecular flexibility index (Phi) is 4.68. The number of nitrogens with one attached hydrogen (secondary N) is 2. The second kappa shape index (κ2) is 6.03. The Labute approximate surface area is 101 Å². The van der Waals surface area contributed by atoms with Crippen LogP contribution in [0.15, 0.2) is 6.33 Å². The van der Waals surface area contributed by atoms with Crippen LogP contribution in [0.25, 0.3) is 0 Å². The van der Waals surface area contributed by atoms with Gasteiger partial charge in [0.2, 0.25) is 5.91 Å². The van der Waals surface area contributed by atoms with Crippen molar-refractivity contribution in [2.24, 2.45) is 0 Å². The fourth-order valence-corrected chi connectivity index (χ4v) is 1.62. The van der Waals surface area contributed by atoms with Crippen LogP contribution in [-0.4, -0.2) is 43.1 Å². The molecule has 2 N–H and O–H groups in total. The monoisotopic (exact) mass is 237 g/mol. The summed E-state index contributed by atoms with van der Waals surface area (Å²) in [5.41, 5.74) is 0.932. The standard InChI is InChI=1S/C11H19N5O/c1-5-13-9(17)6-16(4)11-8(2)10(12-3)14-7-15-11/h7H,5-6H2,1-4H3,(H,13,17)(H,12,14,15). The molecule has 0 aromatic carbocycles. The van der Waals surface area contributed by atoms with Crippen molar-refractivity contribution in [3.63, 3.8) is 0 Å². The maximum absolute atomic E-state index is 11.5. The highest BCUT2D eigenvalue weighted by Gasteiger charge is 2.12. The van der Waals surface area contributed by atoms with Gasteiger partial charge in [0.25, 0.3) is 0 Å². The van der Waals surface area contributed by atoms with Crippen molar-refractivity contribution in [2.45, 2.75) is 13.8 Å². The fourth-order valence-electron chi connectivity index (χ4n) is 1.62. The van der Waals surface area contributed by atoms with Crippen LogP contribution in [0.2, 0.25) is 0 Å². The summed E-state index contributed by atoms with van der Waals surface area (Å²) in [6.45, 7) is 4.74. The average molecular weight is 237 g/mol. The Morgan fingerprint density at radius 1 is 1.47 bits per heavy atom. The minimum absolute atomic E-state index is 0.0148. The quantitative estimate of drug-likeness (QED) is 0.775. The number of carbonyl (C=O) groups excluding carboxylic acids is 1. The van der Waals surface area contributed by atoms with Crippen molar-refractivity contribution < 1.29 is 4.79 Å². The summed E-state index contributed by atoms with van der Waals surface area (Å²) in [7, 11) is 3.65. The number of anilines is 2. The van der Waals surface area contributed by atoms with E-state index in [0.717, 1.165) is 17.2 Å².